The Kier molecular flexibility index (Phi) is 14.1. The van der Waals surface area contributed by atoms with E-state index in [1.165, 1.54) is 13.2 Å². The maximum absolute atomic E-state index is 14.6. The summed E-state index contributed by atoms with van der Waals surface area (Å²) in [4.78, 5) is 21.0. The number of carbonyl (C=O) groups excluding carboxylic acids is 1. The van der Waals surface area contributed by atoms with Gasteiger partial charge in [-0.2, -0.15) is 0 Å². The first-order chi connectivity index (χ1) is 25.4. The van der Waals surface area contributed by atoms with Gasteiger partial charge in [0.25, 0.3) is 0 Å². The second-order valence-electron chi connectivity index (χ2n) is 13.7. The molecular weight excluding hydrogens is 667 g/mol. The Bertz CT molecular complexity index is 1560. The third-order valence-electron chi connectivity index (χ3n) is 10.6. The molecular formula is C41H55FN2O8. The lowest BCUT2D eigenvalue weighted by Crippen LogP contribution is -2.70. The molecule has 5 rings (SSSR count). The topological polar surface area (TPSA) is 119 Å². The highest BCUT2D eigenvalue weighted by Gasteiger charge is 2.65. The molecule has 0 radical (unpaired) electrons. The molecule has 2 aromatic carbocycles. The Labute approximate surface area is 307 Å². The largest absolute Gasteiger partial charge is 0.489 e. The van der Waals surface area contributed by atoms with E-state index < -0.39 is 23.8 Å². The highest BCUT2D eigenvalue weighted by molar-refractivity contribution is 6.02. The Hall–Kier alpha value is -3.93. The summed E-state index contributed by atoms with van der Waals surface area (Å²) in [5, 5.41) is 24.2. The van der Waals surface area contributed by atoms with Crippen LogP contribution in [0.15, 0.2) is 71.9 Å². The van der Waals surface area contributed by atoms with Gasteiger partial charge >= 0.3 is 6.09 Å². The van der Waals surface area contributed by atoms with Crippen molar-refractivity contribution in [2.75, 3.05) is 40.1 Å². The lowest BCUT2D eigenvalue weighted by molar-refractivity contribution is -0.255. The summed E-state index contributed by atoms with van der Waals surface area (Å²) in [5.41, 5.74) is 3.06. The number of carbonyl (C=O) groups is 1. The SMILES string of the molecule is C=CCO[C@@]12Oc3ccc(OCc4ccccc4F)cc3[C@H]3[C@H](CCCCO)[C@@H](CCCCO)C=C(C(=NOCC)C[C@@H]1N(CCC)C(=O)OC)[C@H]32. The van der Waals surface area contributed by atoms with Crippen LogP contribution in [-0.4, -0.2) is 78.8 Å². The lowest BCUT2D eigenvalue weighted by Gasteiger charge is -2.59. The average Bonchev–Trinajstić information content (AvgIpc) is 3.16. The van der Waals surface area contributed by atoms with E-state index in [2.05, 4.69) is 17.8 Å². The van der Waals surface area contributed by atoms with Gasteiger partial charge in [0.15, 0.2) is 0 Å². The van der Waals surface area contributed by atoms with Crippen LogP contribution in [0.5, 0.6) is 11.5 Å². The quantitative estimate of drug-likeness (QED) is 0.0868. The van der Waals surface area contributed by atoms with E-state index in [0.717, 1.165) is 42.5 Å². The number of allylic oxidation sites excluding steroid dienone is 1. The summed E-state index contributed by atoms with van der Waals surface area (Å²) in [6, 6.07) is 11.6. The van der Waals surface area contributed by atoms with E-state index in [1.807, 2.05) is 32.0 Å². The molecule has 52 heavy (non-hydrogen) atoms. The summed E-state index contributed by atoms with van der Waals surface area (Å²) in [6.45, 7) is 9.05. The van der Waals surface area contributed by atoms with Gasteiger partial charge in [0.1, 0.15) is 36.6 Å². The summed E-state index contributed by atoms with van der Waals surface area (Å²) in [6.07, 6.45) is 9.11. The molecule has 1 fully saturated rings. The minimum atomic E-state index is -1.35. The molecule has 6 atom stereocenters. The number of aliphatic hydroxyl groups excluding tert-OH is 2. The number of methoxy groups -OCH3 is 1. The highest BCUT2D eigenvalue weighted by Crippen LogP contribution is 2.62. The first kappa shape index (κ1) is 39.3. The summed E-state index contributed by atoms with van der Waals surface area (Å²) in [5.74, 6) is -0.958. The number of ether oxygens (including phenoxy) is 4. The number of hydrogen-bond acceptors (Lipinski definition) is 9. The third kappa shape index (κ3) is 8.32. The molecule has 0 spiro atoms. The van der Waals surface area contributed by atoms with Crippen molar-refractivity contribution in [1.29, 1.82) is 0 Å². The molecule has 0 unspecified atom stereocenters. The van der Waals surface area contributed by atoms with E-state index >= 15 is 0 Å². The normalized spacial score (nSPS) is 25.3. The molecule has 0 bridgehead atoms. The Morgan fingerprint density at radius 3 is 2.58 bits per heavy atom. The van der Waals surface area contributed by atoms with E-state index in [4.69, 9.17) is 23.8 Å². The molecule has 1 saturated carbocycles. The molecule has 0 aromatic heterocycles. The van der Waals surface area contributed by atoms with Crippen molar-refractivity contribution in [3.05, 3.63) is 83.7 Å². The number of nitrogens with zero attached hydrogens (tertiary/aromatic N) is 2. The van der Waals surface area contributed by atoms with Crippen molar-refractivity contribution in [2.24, 2.45) is 22.9 Å². The molecule has 1 amide bonds. The van der Waals surface area contributed by atoms with Gasteiger partial charge in [-0.05, 0) is 80.7 Å². The monoisotopic (exact) mass is 722 g/mol. The Morgan fingerprint density at radius 2 is 1.88 bits per heavy atom. The zero-order valence-corrected chi connectivity index (χ0v) is 30.8. The first-order valence-electron chi connectivity index (χ1n) is 18.8. The van der Waals surface area contributed by atoms with Gasteiger partial charge in [-0.1, -0.05) is 55.3 Å². The van der Waals surface area contributed by atoms with Crippen LogP contribution in [-0.2, 0) is 20.9 Å². The second-order valence-corrected chi connectivity index (χ2v) is 13.7. The fourth-order valence-electron chi connectivity index (χ4n) is 8.39. The van der Waals surface area contributed by atoms with Crippen LogP contribution in [0.4, 0.5) is 9.18 Å². The van der Waals surface area contributed by atoms with Gasteiger partial charge in [0.05, 0.1) is 25.3 Å². The summed E-state index contributed by atoms with van der Waals surface area (Å²) >= 11 is 0. The van der Waals surface area contributed by atoms with Crippen LogP contribution in [0.3, 0.4) is 0 Å². The zero-order valence-electron chi connectivity index (χ0n) is 30.8. The van der Waals surface area contributed by atoms with Gasteiger partial charge in [0, 0.05) is 43.2 Å². The molecule has 10 nitrogen and oxygen atoms in total. The standard InChI is InChI=1S/C41H55FN2O8/c1-5-20-44(40(47)48-4)37-26-35(43-51-7-3)32-24-28(14-10-12-21-45)31(16-11-13-22-46)38-33-25-30(49-27-29-15-8-9-17-34(29)42)18-19-36(33)52-41(37,39(32)38)50-23-6-2/h6,8-9,15,17-19,24-25,28,31,37-39,45-46H,2,5,7,10-14,16,20-23,26-27H2,1,3-4H3/t28-,31+,37-,38+,39+,41+/m0/s1. The van der Waals surface area contributed by atoms with E-state index in [0.29, 0.717) is 55.9 Å². The molecule has 3 aliphatic rings. The van der Waals surface area contributed by atoms with Crippen molar-refractivity contribution in [2.45, 2.75) is 89.6 Å². The van der Waals surface area contributed by atoms with Crippen molar-refractivity contribution < 1.29 is 43.2 Å². The molecule has 11 heteroatoms. The number of fused-ring (bicyclic) bond motifs is 2. The average molecular weight is 723 g/mol. The summed E-state index contributed by atoms with van der Waals surface area (Å²) < 4.78 is 40.2. The predicted octanol–water partition coefficient (Wildman–Crippen LogP) is 7.54. The van der Waals surface area contributed by atoms with Crippen molar-refractivity contribution in [3.63, 3.8) is 0 Å². The van der Waals surface area contributed by atoms with Crippen LogP contribution in [0.1, 0.15) is 82.3 Å². The smallest absolute Gasteiger partial charge is 0.409 e. The number of oxime groups is 1. The number of aliphatic hydroxyl groups is 2. The molecule has 2 aromatic rings. The second kappa shape index (κ2) is 18.7. The van der Waals surface area contributed by atoms with Crippen molar-refractivity contribution in [3.8, 4) is 11.5 Å². The van der Waals surface area contributed by atoms with Crippen molar-refractivity contribution in [1.82, 2.24) is 4.90 Å². The number of benzene rings is 2. The Balaban J connectivity index is 1.74. The third-order valence-corrected chi connectivity index (χ3v) is 10.6. The maximum Gasteiger partial charge on any atom is 0.409 e. The van der Waals surface area contributed by atoms with E-state index in [-0.39, 0.29) is 50.0 Å². The number of amides is 1. The molecule has 284 valence electrons. The Morgan fingerprint density at radius 1 is 1.12 bits per heavy atom. The van der Waals surface area contributed by atoms with E-state index in [1.54, 1.807) is 29.2 Å². The van der Waals surface area contributed by atoms with Crippen LogP contribution >= 0.6 is 0 Å². The molecule has 0 saturated heterocycles. The fourth-order valence-corrected chi connectivity index (χ4v) is 8.39. The van der Waals surface area contributed by atoms with Gasteiger partial charge in [-0.15, -0.1) is 6.58 Å². The number of rotatable bonds is 19. The summed E-state index contributed by atoms with van der Waals surface area (Å²) in [7, 11) is 1.38. The van der Waals surface area contributed by atoms with Gasteiger partial charge in [0.2, 0.25) is 5.79 Å². The van der Waals surface area contributed by atoms with Gasteiger partial charge in [-0.3, -0.25) is 4.90 Å². The van der Waals surface area contributed by atoms with Gasteiger partial charge in [-0.25, -0.2) is 9.18 Å². The number of hydrogen-bond donors (Lipinski definition) is 2. The minimum absolute atomic E-state index is 0.0556. The zero-order chi connectivity index (χ0) is 37.1. The first-order valence-corrected chi connectivity index (χ1v) is 18.8. The maximum atomic E-state index is 14.6. The van der Waals surface area contributed by atoms with E-state index in [9.17, 15) is 19.4 Å². The van der Waals surface area contributed by atoms with Gasteiger partial charge < -0.3 is 34.0 Å². The molecule has 1 aliphatic heterocycles. The lowest BCUT2D eigenvalue weighted by atomic mass is 9.55. The van der Waals surface area contributed by atoms with Crippen molar-refractivity contribution >= 4 is 11.8 Å². The minimum Gasteiger partial charge on any atom is -0.489 e. The molecule has 1 heterocycles. The fraction of sp³-hybridized carbons (Fsp3) is 0.561. The van der Waals surface area contributed by atoms with Crippen LogP contribution in [0.25, 0.3) is 0 Å². The van der Waals surface area contributed by atoms with Crippen LogP contribution < -0.4 is 9.47 Å². The highest BCUT2D eigenvalue weighted by atomic mass is 19.1. The molecule has 2 aliphatic carbocycles. The number of halogens is 1. The van der Waals surface area contributed by atoms with Crippen LogP contribution in [0.2, 0.25) is 0 Å². The van der Waals surface area contributed by atoms with Crippen LogP contribution in [0, 0.1) is 23.6 Å². The predicted molar refractivity (Wildman–Crippen MR) is 197 cm³/mol. The number of unbranched alkanes of at least 4 members (excludes halogenated alkanes) is 2. The molecule has 2 N–H and O–H groups in total.